The number of amides is 1. The molecule has 2 N–H and O–H groups in total. The normalized spacial score (nSPS) is 10.2. The van der Waals surface area contributed by atoms with Crippen molar-refractivity contribution in [1.29, 1.82) is 0 Å². The van der Waals surface area contributed by atoms with E-state index in [-0.39, 0.29) is 17.4 Å². The molecule has 6 nitrogen and oxygen atoms in total. The van der Waals surface area contributed by atoms with Gasteiger partial charge in [-0.05, 0) is 48.5 Å². The van der Waals surface area contributed by atoms with Crippen molar-refractivity contribution in [3.63, 3.8) is 0 Å². The third-order valence-electron chi connectivity index (χ3n) is 3.78. The van der Waals surface area contributed by atoms with Crippen LogP contribution in [0.2, 0.25) is 0 Å². The number of rotatable bonds is 6. The van der Waals surface area contributed by atoms with E-state index in [1.165, 1.54) is 25.4 Å². The Balaban J connectivity index is 1.76. The van der Waals surface area contributed by atoms with Crippen LogP contribution in [-0.2, 0) is 0 Å². The highest BCUT2D eigenvalue weighted by atomic mass is 19.1. The van der Waals surface area contributed by atoms with Crippen molar-refractivity contribution >= 4 is 23.0 Å². The summed E-state index contributed by atoms with van der Waals surface area (Å²) in [6.45, 7) is 0. The van der Waals surface area contributed by atoms with Gasteiger partial charge in [0.1, 0.15) is 23.0 Å². The maximum absolute atomic E-state index is 13.0. The molecule has 1 heterocycles. The number of carbonyl (C=O) groups excluding carboxylic acids is 1. The predicted molar refractivity (Wildman–Crippen MR) is 101 cm³/mol. The average Bonchev–Trinajstić information content (AvgIpc) is 2.70. The molecule has 7 heteroatoms. The molecule has 0 aliphatic carbocycles. The van der Waals surface area contributed by atoms with E-state index >= 15 is 0 Å². The summed E-state index contributed by atoms with van der Waals surface area (Å²) in [7, 11) is 3.06. The van der Waals surface area contributed by atoms with Crippen LogP contribution in [0.5, 0.6) is 11.5 Å². The summed E-state index contributed by atoms with van der Waals surface area (Å²) in [5, 5.41) is 5.87. The van der Waals surface area contributed by atoms with Crippen molar-refractivity contribution in [3.8, 4) is 11.5 Å². The fourth-order valence-corrected chi connectivity index (χ4v) is 2.42. The summed E-state index contributed by atoms with van der Waals surface area (Å²) in [5.41, 5.74) is 2.08. The Bertz CT molecular complexity index is 945. The zero-order valence-corrected chi connectivity index (χ0v) is 14.8. The fraction of sp³-hybridized carbons (Fsp3) is 0.100. The highest BCUT2D eigenvalue weighted by Crippen LogP contribution is 2.29. The Morgan fingerprint density at radius 2 is 1.74 bits per heavy atom. The van der Waals surface area contributed by atoms with Gasteiger partial charge in [-0.15, -0.1) is 0 Å². The largest absolute Gasteiger partial charge is 0.497 e. The summed E-state index contributed by atoms with van der Waals surface area (Å²) in [6.07, 6.45) is 1.52. The zero-order valence-electron chi connectivity index (χ0n) is 14.8. The molecule has 0 fully saturated rings. The molecule has 0 aliphatic heterocycles. The molecule has 138 valence electrons. The Morgan fingerprint density at radius 3 is 2.44 bits per heavy atom. The van der Waals surface area contributed by atoms with Crippen LogP contribution in [0.1, 0.15) is 10.5 Å². The number of anilines is 3. The lowest BCUT2D eigenvalue weighted by Crippen LogP contribution is -2.14. The third kappa shape index (κ3) is 4.52. The summed E-state index contributed by atoms with van der Waals surface area (Å²) in [5.74, 6) is 0.391. The first kappa shape index (κ1) is 18.2. The van der Waals surface area contributed by atoms with Gasteiger partial charge in [-0.1, -0.05) is 0 Å². The van der Waals surface area contributed by atoms with E-state index in [1.807, 2.05) is 0 Å². The van der Waals surface area contributed by atoms with Crippen molar-refractivity contribution in [1.82, 2.24) is 4.98 Å². The zero-order chi connectivity index (χ0) is 19.2. The summed E-state index contributed by atoms with van der Waals surface area (Å²) in [6, 6.07) is 14.3. The van der Waals surface area contributed by atoms with E-state index in [0.717, 1.165) is 0 Å². The minimum Gasteiger partial charge on any atom is -0.497 e. The molecule has 1 amide bonds. The maximum atomic E-state index is 13.0. The number of nitrogens with zero attached hydrogens (tertiary/aromatic N) is 1. The molecule has 3 rings (SSSR count). The Labute approximate surface area is 156 Å². The van der Waals surface area contributed by atoms with Crippen molar-refractivity contribution in [3.05, 3.63) is 72.3 Å². The van der Waals surface area contributed by atoms with Crippen molar-refractivity contribution < 1.29 is 18.7 Å². The van der Waals surface area contributed by atoms with Gasteiger partial charge in [0.2, 0.25) is 0 Å². The number of halogens is 1. The first-order valence-corrected chi connectivity index (χ1v) is 8.11. The number of hydrogen-bond acceptors (Lipinski definition) is 5. The maximum Gasteiger partial charge on any atom is 0.274 e. The first-order valence-electron chi connectivity index (χ1n) is 8.11. The predicted octanol–water partition coefficient (Wildman–Crippen LogP) is 4.23. The van der Waals surface area contributed by atoms with Gasteiger partial charge in [0.25, 0.3) is 5.91 Å². The van der Waals surface area contributed by atoms with E-state index in [1.54, 1.807) is 49.6 Å². The van der Waals surface area contributed by atoms with Crippen molar-refractivity contribution in [2.75, 3.05) is 24.9 Å². The van der Waals surface area contributed by atoms with Crippen LogP contribution in [0, 0.1) is 5.82 Å². The van der Waals surface area contributed by atoms with Gasteiger partial charge in [-0.3, -0.25) is 9.78 Å². The van der Waals surface area contributed by atoms with Gasteiger partial charge in [0.05, 0.1) is 19.9 Å². The second-order valence-corrected chi connectivity index (χ2v) is 5.58. The quantitative estimate of drug-likeness (QED) is 0.682. The van der Waals surface area contributed by atoms with Crippen LogP contribution in [0.15, 0.2) is 60.8 Å². The van der Waals surface area contributed by atoms with Crippen LogP contribution >= 0.6 is 0 Å². The molecule has 0 radical (unpaired) electrons. The van der Waals surface area contributed by atoms with Gasteiger partial charge < -0.3 is 20.1 Å². The highest BCUT2D eigenvalue weighted by Gasteiger charge is 2.12. The van der Waals surface area contributed by atoms with Crippen LogP contribution in [0.25, 0.3) is 0 Å². The summed E-state index contributed by atoms with van der Waals surface area (Å²) in [4.78, 5) is 16.7. The van der Waals surface area contributed by atoms with Gasteiger partial charge in [-0.25, -0.2) is 4.39 Å². The molecule has 0 bridgehead atoms. The first-order chi connectivity index (χ1) is 13.1. The van der Waals surface area contributed by atoms with E-state index in [2.05, 4.69) is 15.6 Å². The number of nitrogens with one attached hydrogen (secondary N) is 2. The molecular weight excluding hydrogens is 349 g/mol. The van der Waals surface area contributed by atoms with Crippen LogP contribution in [0.3, 0.4) is 0 Å². The molecular formula is C20H18FN3O3. The number of carbonyl (C=O) groups is 1. The lowest BCUT2D eigenvalue weighted by Gasteiger charge is -2.12. The number of aromatic nitrogens is 1. The standard InChI is InChI=1S/C20H18FN3O3/c1-26-16-7-8-17(19(12-16)27-2)24-20(25)18-11-15(9-10-22-18)23-14-5-3-13(21)4-6-14/h3-12H,1-2H3,(H,22,23)(H,24,25). The van der Waals surface area contributed by atoms with E-state index in [4.69, 9.17) is 9.47 Å². The number of methoxy groups -OCH3 is 2. The average molecular weight is 367 g/mol. The minimum atomic E-state index is -0.388. The van der Waals surface area contributed by atoms with E-state index in [9.17, 15) is 9.18 Å². The second kappa shape index (κ2) is 8.18. The second-order valence-electron chi connectivity index (χ2n) is 5.58. The molecule has 3 aromatic rings. The Kier molecular flexibility index (Phi) is 5.51. The highest BCUT2D eigenvalue weighted by molar-refractivity contribution is 6.04. The SMILES string of the molecule is COc1ccc(NC(=O)c2cc(Nc3ccc(F)cc3)ccn2)c(OC)c1. The van der Waals surface area contributed by atoms with Gasteiger partial charge in [0.15, 0.2) is 0 Å². The number of ether oxygens (including phenoxy) is 2. The lowest BCUT2D eigenvalue weighted by molar-refractivity contribution is 0.102. The molecule has 0 unspecified atom stereocenters. The Hall–Kier alpha value is -3.61. The molecule has 0 atom stereocenters. The van der Waals surface area contributed by atoms with Gasteiger partial charge in [0, 0.05) is 23.6 Å². The van der Waals surface area contributed by atoms with Crippen molar-refractivity contribution in [2.45, 2.75) is 0 Å². The van der Waals surface area contributed by atoms with Gasteiger partial charge in [-0.2, -0.15) is 0 Å². The molecule has 0 spiro atoms. The van der Waals surface area contributed by atoms with E-state index < -0.39 is 0 Å². The number of benzene rings is 2. The number of pyridine rings is 1. The minimum absolute atomic E-state index is 0.222. The van der Waals surface area contributed by atoms with Crippen LogP contribution in [-0.4, -0.2) is 25.1 Å². The molecule has 0 saturated heterocycles. The molecule has 1 aromatic heterocycles. The van der Waals surface area contributed by atoms with Gasteiger partial charge >= 0.3 is 0 Å². The van der Waals surface area contributed by atoms with Crippen LogP contribution in [0.4, 0.5) is 21.5 Å². The van der Waals surface area contributed by atoms with Crippen LogP contribution < -0.4 is 20.1 Å². The molecule has 27 heavy (non-hydrogen) atoms. The topological polar surface area (TPSA) is 72.5 Å². The number of hydrogen-bond donors (Lipinski definition) is 2. The monoisotopic (exact) mass is 367 g/mol. The summed E-state index contributed by atoms with van der Waals surface area (Å²) < 4.78 is 23.4. The third-order valence-corrected chi connectivity index (χ3v) is 3.78. The molecule has 0 aliphatic rings. The summed E-state index contributed by atoms with van der Waals surface area (Å²) >= 11 is 0. The van der Waals surface area contributed by atoms with E-state index in [0.29, 0.717) is 28.6 Å². The fourth-order valence-electron chi connectivity index (χ4n) is 2.42. The molecule has 2 aromatic carbocycles. The van der Waals surface area contributed by atoms with Crippen molar-refractivity contribution in [2.24, 2.45) is 0 Å². The smallest absolute Gasteiger partial charge is 0.274 e. The lowest BCUT2D eigenvalue weighted by atomic mass is 10.2. The molecule has 0 saturated carbocycles. The Morgan fingerprint density at radius 1 is 0.963 bits per heavy atom.